The molecule has 3 nitrogen and oxygen atoms in total. The predicted molar refractivity (Wildman–Crippen MR) is 76.2 cm³/mol. The molecule has 0 radical (unpaired) electrons. The largest absolute Gasteiger partial charge is 0.475 e. The van der Waals surface area contributed by atoms with Gasteiger partial charge in [0.2, 0.25) is 5.90 Å². The summed E-state index contributed by atoms with van der Waals surface area (Å²) >= 11 is 0. The lowest BCUT2D eigenvalue weighted by molar-refractivity contribution is 0.279. The highest BCUT2D eigenvalue weighted by atomic mass is 16.5. The first-order valence-electron chi connectivity index (χ1n) is 6.39. The van der Waals surface area contributed by atoms with E-state index in [1.807, 2.05) is 36.5 Å². The van der Waals surface area contributed by atoms with Crippen molar-refractivity contribution in [3.63, 3.8) is 0 Å². The molecule has 1 aliphatic rings. The fourth-order valence-electron chi connectivity index (χ4n) is 2.03. The minimum absolute atomic E-state index is 0.132. The van der Waals surface area contributed by atoms with Gasteiger partial charge in [-0.3, -0.25) is 4.98 Å². The van der Waals surface area contributed by atoms with E-state index in [-0.39, 0.29) is 5.54 Å². The molecule has 96 valence electrons. The number of benzene rings is 1. The smallest absolute Gasteiger partial charge is 0.218 e. The van der Waals surface area contributed by atoms with Gasteiger partial charge in [-0.25, -0.2) is 4.99 Å². The number of ether oxygens (including phenoxy) is 1. The summed E-state index contributed by atoms with van der Waals surface area (Å²) in [4.78, 5) is 9.03. The summed E-state index contributed by atoms with van der Waals surface area (Å²) in [5.74, 6) is 0.692. The van der Waals surface area contributed by atoms with Crippen LogP contribution in [0.3, 0.4) is 0 Å². The lowest BCUT2D eigenvalue weighted by atomic mass is 10.1. The van der Waals surface area contributed by atoms with E-state index in [2.05, 4.69) is 36.0 Å². The van der Waals surface area contributed by atoms with E-state index in [0.29, 0.717) is 12.5 Å². The van der Waals surface area contributed by atoms with Crippen LogP contribution < -0.4 is 0 Å². The van der Waals surface area contributed by atoms with Gasteiger partial charge in [-0.1, -0.05) is 30.3 Å². The number of aliphatic imine (C=N–C) groups is 1. The first-order chi connectivity index (χ1) is 9.14. The molecular formula is C16H16N2O. The third kappa shape index (κ3) is 2.50. The lowest BCUT2D eigenvalue weighted by Crippen LogP contribution is -2.17. The third-order valence-corrected chi connectivity index (χ3v) is 3.05. The van der Waals surface area contributed by atoms with Crippen LogP contribution in [0.1, 0.15) is 19.4 Å². The Morgan fingerprint density at radius 3 is 2.37 bits per heavy atom. The molecular weight excluding hydrogens is 236 g/mol. The van der Waals surface area contributed by atoms with Crippen LogP contribution in [0, 0.1) is 0 Å². The molecule has 0 unspecified atom stereocenters. The molecule has 2 heterocycles. The Balaban J connectivity index is 1.88. The lowest BCUT2D eigenvalue weighted by Gasteiger charge is -2.07. The second-order valence-corrected chi connectivity index (χ2v) is 5.32. The van der Waals surface area contributed by atoms with Gasteiger partial charge in [0, 0.05) is 11.8 Å². The van der Waals surface area contributed by atoms with Gasteiger partial charge in [0.05, 0.1) is 16.8 Å². The fourth-order valence-corrected chi connectivity index (χ4v) is 2.03. The van der Waals surface area contributed by atoms with Crippen molar-refractivity contribution < 1.29 is 4.74 Å². The molecule has 0 atom stereocenters. The van der Waals surface area contributed by atoms with Gasteiger partial charge in [-0.2, -0.15) is 0 Å². The maximum Gasteiger partial charge on any atom is 0.218 e. The minimum atomic E-state index is -0.132. The number of rotatable bonds is 2. The summed E-state index contributed by atoms with van der Waals surface area (Å²) in [5, 5.41) is 0. The third-order valence-electron chi connectivity index (χ3n) is 3.05. The molecule has 19 heavy (non-hydrogen) atoms. The van der Waals surface area contributed by atoms with E-state index >= 15 is 0 Å². The maximum absolute atomic E-state index is 5.61. The van der Waals surface area contributed by atoms with E-state index in [4.69, 9.17) is 4.74 Å². The summed E-state index contributed by atoms with van der Waals surface area (Å²) in [6.45, 7) is 4.75. The van der Waals surface area contributed by atoms with Crippen molar-refractivity contribution in [3.8, 4) is 11.3 Å². The first-order valence-corrected chi connectivity index (χ1v) is 6.39. The molecule has 2 aromatic rings. The molecule has 0 aliphatic carbocycles. The monoisotopic (exact) mass is 252 g/mol. The minimum Gasteiger partial charge on any atom is -0.475 e. The second-order valence-electron chi connectivity index (χ2n) is 5.32. The zero-order valence-corrected chi connectivity index (χ0v) is 11.1. The standard InChI is InChI=1S/C16H16N2O/c1-16(2)11-19-15(18-16)13-8-9-14(17-10-13)12-6-4-3-5-7-12/h3-10H,11H2,1-2H3. The summed E-state index contributed by atoms with van der Waals surface area (Å²) < 4.78 is 5.61. The number of pyridine rings is 1. The Morgan fingerprint density at radius 1 is 1.00 bits per heavy atom. The topological polar surface area (TPSA) is 34.5 Å². The Hall–Kier alpha value is -2.16. The normalized spacial score (nSPS) is 16.8. The van der Waals surface area contributed by atoms with Gasteiger partial charge in [0.15, 0.2) is 0 Å². The van der Waals surface area contributed by atoms with Crippen LogP contribution in [0.5, 0.6) is 0 Å². The van der Waals surface area contributed by atoms with E-state index < -0.39 is 0 Å². The van der Waals surface area contributed by atoms with Gasteiger partial charge in [-0.05, 0) is 26.0 Å². The van der Waals surface area contributed by atoms with Crippen molar-refractivity contribution >= 4 is 5.90 Å². The average molecular weight is 252 g/mol. The Kier molecular flexibility index (Phi) is 2.82. The number of aromatic nitrogens is 1. The van der Waals surface area contributed by atoms with Crippen LogP contribution in [0.4, 0.5) is 0 Å². The van der Waals surface area contributed by atoms with Gasteiger partial charge < -0.3 is 4.74 Å². The molecule has 3 rings (SSSR count). The van der Waals surface area contributed by atoms with E-state index in [1.54, 1.807) is 0 Å². The van der Waals surface area contributed by atoms with Crippen molar-refractivity contribution in [2.75, 3.05) is 6.61 Å². The maximum atomic E-state index is 5.61. The molecule has 0 fully saturated rings. The van der Waals surface area contributed by atoms with E-state index in [9.17, 15) is 0 Å². The number of nitrogens with zero attached hydrogens (tertiary/aromatic N) is 2. The van der Waals surface area contributed by atoms with Gasteiger partial charge in [-0.15, -0.1) is 0 Å². The summed E-state index contributed by atoms with van der Waals surface area (Å²) in [6, 6.07) is 14.1. The predicted octanol–water partition coefficient (Wildman–Crippen LogP) is 3.30. The van der Waals surface area contributed by atoms with Crippen LogP contribution in [0.2, 0.25) is 0 Å². The van der Waals surface area contributed by atoms with Crippen LogP contribution in [0.15, 0.2) is 53.7 Å². The summed E-state index contributed by atoms with van der Waals surface area (Å²) in [7, 11) is 0. The molecule has 0 saturated carbocycles. The van der Waals surface area contributed by atoms with Gasteiger partial charge in [0.25, 0.3) is 0 Å². The Labute approximate surface area is 113 Å². The zero-order valence-electron chi connectivity index (χ0n) is 11.1. The average Bonchev–Trinajstić information content (AvgIpc) is 2.80. The highest BCUT2D eigenvalue weighted by molar-refractivity contribution is 5.95. The van der Waals surface area contributed by atoms with Gasteiger partial charge in [0.1, 0.15) is 6.61 Å². The summed E-state index contributed by atoms with van der Waals surface area (Å²) in [5.41, 5.74) is 2.88. The van der Waals surface area contributed by atoms with E-state index in [1.165, 1.54) is 0 Å². The van der Waals surface area contributed by atoms with Crippen molar-refractivity contribution in [2.24, 2.45) is 4.99 Å². The van der Waals surface area contributed by atoms with Crippen LogP contribution >= 0.6 is 0 Å². The molecule has 0 N–H and O–H groups in total. The molecule has 0 bridgehead atoms. The van der Waals surface area contributed by atoms with E-state index in [0.717, 1.165) is 16.8 Å². The number of hydrogen-bond acceptors (Lipinski definition) is 3. The highest BCUT2D eigenvalue weighted by Crippen LogP contribution is 2.22. The Bertz CT molecular complexity index is 600. The van der Waals surface area contributed by atoms with Crippen LogP contribution in [-0.4, -0.2) is 23.0 Å². The van der Waals surface area contributed by atoms with Crippen molar-refractivity contribution in [2.45, 2.75) is 19.4 Å². The van der Waals surface area contributed by atoms with Crippen molar-refractivity contribution in [3.05, 3.63) is 54.2 Å². The van der Waals surface area contributed by atoms with Crippen molar-refractivity contribution in [1.29, 1.82) is 0 Å². The van der Waals surface area contributed by atoms with Crippen molar-refractivity contribution in [1.82, 2.24) is 4.98 Å². The molecule has 1 aliphatic heterocycles. The molecule has 3 heteroatoms. The quantitative estimate of drug-likeness (QED) is 0.821. The molecule has 1 aromatic heterocycles. The highest BCUT2D eigenvalue weighted by Gasteiger charge is 2.27. The molecule has 0 saturated heterocycles. The molecule has 1 aromatic carbocycles. The number of hydrogen-bond donors (Lipinski definition) is 0. The Morgan fingerprint density at radius 2 is 1.79 bits per heavy atom. The van der Waals surface area contributed by atoms with Crippen LogP contribution in [-0.2, 0) is 4.74 Å². The molecule has 0 amide bonds. The zero-order chi connectivity index (χ0) is 13.3. The molecule has 0 spiro atoms. The van der Waals surface area contributed by atoms with Crippen LogP contribution in [0.25, 0.3) is 11.3 Å². The van der Waals surface area contributed by atoms with Gasteiger partial charge >= 0.3 is 0 Å². The first kappa shape index (κ1) is 11.9. The summed E-state index contributed by atoms with van der Waals surface area (Å²) in [6.07, 6.45) is 1.82. The SMILES string of the molecule is CC1(C)COC(c2ccc(-c3ccccc3)nc2)=N1. The second kappa shape index (κ2) is 4.50. The fraction of sp³-hybridized carbons (Fsp3) is 0.250.